The Morgan fingerprint density at radius 3 is 2.89 bits per heavy atom. The van der Waals surface area contributed by atoms with Crippen LogP contribution in [0.15, 0.2) is 18.5 Å². The highest BCUT2D eigenvalue weighted by atomic mass is 16.6. The molecule has 0 saturated heterocycles. The molecule has 9 heteroatoms. The average molecular weight is 263 g/mol. The molecule has 0 atom stereocenters. The summed E-state index contributed by atoms with van der Waals surface area (Å²) in [7, 11) is 3.44. The molecule has 100 valence electrons. The van der Waals surface area contributed by atoms with E-state index in [4.69, 9.17) is 0 Å². The second kappa shape index (κ2) is 5.29. The average Bonchev–Trinajstić information content (AvgIpc) is 2.81. The largest absolute Gasteiger partial charge is 0.359 e. The first kappa shape index (κ1) is 12.7. The predicted octanol–water partition coefficient (Wildman–Crippen LogP) is 0.772. The van der Waals surface area contributed by atoms with E-state index in [-0.39, 0.29) is 11.5 Å². The molecule has 0 spiro atoms. The van der Waals surface area contributed by atoms with Gasteiger partial charge in [-0.25, -0.2) is 4.98 Å². The van der Waals surface area contributed by atoms with Crippen LogP contribution in [0, 0.1) is 10.1 Å². The lowest BCUT2D eigenvalue weighted by atomic mass is 10.4. The number of nitrogens with zero attached hydrogens (tertiary/aromatic N) is 5. The predicted molar refractivity (Wildman–Crippen MR) is 68.8 cm³/mol. The van der Waals surface area contributed by atoms with Crippen LogP contribution in [0.3, 0.4) is 0 Å². The number of nitrogens with one attached hydrogen (secondary N) is 2. The molecular formula is C10H13N7O2. The molecule has 0 amide bonds. The molecule has 2 N–H and O–H groups in total. The van der Waals surface area contributed by atoms with Crippen molar-refractivity contribution < 1.29 is 4.92 Å². The van der Waals surface area contributed by atoms with E-state index in [2.05, 4.69) is 25.7 Å². The Balaban J connectivity index is 2.22. The summed E-state index contributed by atoms with van der Waals surface area (Å²) in [4.78, 5) is 18.2. The van der Waals surface area contributed by atoms with Crippen molar-refractivity contribution in [1.82, 2.24) is 19.7 Å². The summed E-state index contributed by atoms with van der Waals surface area (Å²) in [6.45, 7) is 0.386. The molecule has 0 aliphatic heterocycles. The van der Waals surface area contributed by atoms with Crippen molar-refractivity contribution in [2.24, 2.45) is 7.05 Å². The molecule has 0 aliphatic rings. The Hall–Kier alpha value is -2.71. The third-order valence-electron chi connectivity index (χ3n) is 2.55. The minimum absolute atomic E-state index is 0.166. The lowest BCUT2D eigenvalue weighted by Crippen LogP contribution is -2.10. The Bertz CT molecular complexity index is 595. The monoisotopic (exact) mass is 263 g/mol. The maximum Gasteiger partial charge on any atom is 0.329 e. The van der Waals surface area contributed by atoms with E-state index in [1.807, 2.05) is 6.07 Å². The molecular weight excluding hydrogens is 250 g/mol. The fourth-order valence-corrected chi connectivity index (χ4v) is 1.51. The highest BCUT2D eigenvalue weighted by molar-refractivity contribution is 5.56. The molecule has 0 fully saturated rings. The van der Waals surface area contributed by atoms with Gasteiger partial charge in [-0.3, -0.25) is 14.8 Å². The number of anilines is 2. The van der Waals surface area contributed by atoms with Gasteiger partial charge >= 0.3 is 5.69 Å². The minimum Gasteiger partial charge on any atom is -0.359 e. The molecule has 2 rings (SSSR count). The Morgan fingerprint density at radius 1 is 1.53 bits per heavy atom. The summed E-state index contributed by atoms with van der Waals surface area (Å²) in [5, 5.41) is 20.6. The molecule has 2 heterocycles. The van der Waals surface area contributed by atoms with Gasteiger partial charge in [-0.2, -0.15) is 10.1 Å². The van der Waals surface area contributed by atoms with Gasteiger partial charge in [0.1, 0.15) is 6.20 Å². The van der Waals surface area contributed by atoms with Crippen molar-refractivity contribution in [1.29, 1.82) is 0 Å². The molecule has 19 heavy (non-hydrogen) atoms. The summed E-state index contributed by atoms with van der Waals surface area (Å²) >= 11 is 0. The Kier molecular flexibility index (Phi) is 3.55. The second-order valence-corrected chi connectivity index (χ2v) is 3.73. The molecule has 0 bridgehead atoms. The SMILES string of the molecule is CNc1ncc([N+](=O)[O-])c(NCc2ccnn2C)n1. The zero-order valence-electron chi connectivity index (χ0n) is 10.5. The van der Waals surface area contributed by atoms with Gasteiger partial charge in [0, 0.05) is 20.3 Å². The van der Waals surface area contributed by atoms with Gasteiger partial charge in [0.05, 0.1) is 17.2 Å². The van der Waals surface area contributed by atoms with Crippen molar-refractivity contribution in [2.75, 3.05) is 17.7 Å². The summed E-state index contributed by atoms with van der Waals surface area (Å²) in [5.74, 6) is 0.489. The lowest BCUT2D eigenvalue weighted by molar-refractivity contribution is -0.384. The first-order valence-electron chi connectivity index (χ1n) is 5.51. The summed E-state index contributed by atoms with van der Waals surface area (Å²) < 4.78 is 1.68. The topological polar surface area (TPSA) is 111 Å². The van der Waals surface area contributed by atoms with Gasteiger partial charge in [-0.1, -0.05) is 0 Å². The van der Waals surface area contributed by atoms with Gasteiger partial charge in [-0.05, 0) is 6.07 Å². The molecule has 2 aromatic heterocycles. The quantitative estimate of drug-likeness (QED) is 0.605. The highest BCUT2D eigenvalue weighted by Crippen LogP contribution is 2.22. The van der Waals surface area contributed by atoms with Crippen molar-refractivity contribution in [2.45, 2.75) is 6.54 Å². The van der Waals surface area contributed by atoms with Crippen LogP contribution in [-0.4, -0.2) is 31.7 Å². The van der Waals surface area contributed by atoms with Crippen molar-refractivity contribution in [3.63, 3.8) is 0 Å². The molecule has 9 nitrogen and oxygen atoms in total. The number of aryl methyl sites for hydroxylation is 1. The number of hydrogen-bond acceptors (Lipinski definition) is 7. The molecule has 0 aliphatic carbocycles. The van der Waals surface area contributed by atoms with Crippen LogP contribution in [0.25, 0.3) is 0 Å². The van der Waals surface area contributed by atoms with Gasteiger partial charge in [-0.15, -0.1) is 0 Å². The zero-order chi connectivity index (χ0) is 13.8. The van der Waals surface area contributed by atoms with E-state index in [0.717, 1.165) is 5.69 Å². The molecule has 0 radical (unpaired) electrons. The van der Waals surface area contributed by atoms with Crippen LogP contribution in [0.2, 0.25) is 0 Å². The van der Waals surface area contributed by atoms with Crippen LogP contribution in [0.1, 0.15) is 5.69 Å². The van der Waals surface area contributed by atoms with E-state index in [1.54, 1.807) is 25.0 Å². The van der Waals surface area contributed by atoms with Crippen LogP contribution < -0.4 is 10.6 Å². The molecule has 2 aromatic rings. The number of hydrogen-bond donors (Lipinski definition) is 2. The first-order chi connectivity index (χ1) is 9.11. The van der Waals surface area contributed by atoms with Gasteiger partial charge in [0.2, 0.25) is 11.8 Å². The third-order valence-corrected chi connectivity index (χ3v) is 2.55. The molecule has 0 aromatic carbocycles. The van der Waals surface area contributed by atoms with Crippen molar-refractivity contribution in [3.05, 3.63) is 34.3 Å². The van der Waals surface area contributed by atoms with Crippen molar-refractivity contribution >= 4 is 17.5 Å². The number of rotatable bonds is 5. The van der Waals surface area contributed by atoms with E-state index in [0.29, 0.717) is 12.5 Å². The van der Waals surface area contributed by atoms with Crippen LogP contribution in [-0.2, 0) is 13.6 Å². The zero-order valence-corrected chi connectivity index (χ0v) is 10.5. The summed E-state index contributed by atoms with van der Waals surface area (Å²) in [6, 6.07) is 1.82. The van der Waals surface area contributed by atoms with Crippen LogP contribution in [0.4, 0.5) is 17.5 Å². The smallest absolute Gasteiger partial charge is 0.329 e. The van der Waals surface area contributed by atoms with E-state index in [9.17, 15) is 10.1 Å². The van der Waals surface area contributed by atoms with Crippen LogP contribution in [0.5, 0.6) is 0 Å². The summed E-state index contributed by atoms with van der Waals surface area (Å²) in [6.07, 6.45) is 2.83. The van der Waals surface area contributed by atoms with Crippen LogP contribution >= 0.6 is 0 Å². The van der Waals surface area contributed by atoms with E-state index < -0.39 is 4.92 Å². The number of nitro groups is 1. The van der Waals surface area contributed by atoms with E-state index >= 15 is 0 Å². The van der Waals surface area contributed by atoms with Gasteiger partial charge < -0.3 is 10.6 Å². The second-order valence-electron chi connectivity index (χ2n) is 3.73. The standard InChI is InChI=1S/C10H13N7O2/c1-11-10-13-6-8(17(18)19)9(15-10)12-5-7-3-4-14-16(7)2/h3-4,6H,5H2,1-2H3,(H2,11,12,13,15). The fourth-order valence-electron chi connectivity index (χ4n) is 1.51. The van der Waals surface area contributed by atoms with E-state index in [1.165, 1.54) is 6.20 Å². The fraction of sp³-hybridized carbons (Fsp3) is 0.300. The van der Waals surface area contributed by atoms with Gasteiger partial charge in [0.15, 0.2) is 0 Å². The third kappa shape index (κ3) is 2.76. The van der Waals surface area contributed by atoms with Gasteiger partial charge in [0.25, 0.3) is 0 Å². The highest BCUT2D eigenvalue weighted by Gasteiger charge is 2.17. The summed E-state index contributed by atoms with van der Waals surface area (Å²) in [5.41, 5.74) is 0.722. The minimum atomic E-state index is -0.523. The number of aromatic nitrogens is 4. The maximum absolute atomic E-state index is 10.9. The first-order valence-corrected chi connectivity index (χ1v) is 5.51. The molecule has 0 unspecified atom stereocenters. The normalized spacial score (nSPS) is 10.2. The lowest BCUT2D eigenvalue weighted by Gasteiger charge is -2.07. The molecule has 0 saturated carbocycles. The maximum atomic E-state index is 10.9. The van der Waals surface area contributed by atoms with Crippen molar-refractivity contribution in [3.8, 4) is 0 Å². The Morgan fingerprint density at radius 2 is 2.32 bits per heavy atom. The Labute approximate surface area is 108 Å².